The number of hydrogen-bond donors (Lipinski definition) is 3. The van der Waals surface area contributed by atoms with E-state index < -0.39 is 0 Å². The zero-order valence-corrected chi connectivity index (χ0v) is 18.3. The number of rotatable bonds is 9. The number of nitrogens with zero attached hydrogens (tertiary/aromatic N) is 1. The van der Waals surface area contributed by atoms with E-state index in [1.807, 2.05) is 55.5 Å². The predicted molar refractivity (Wildman–Crippen MR) is 122 cm³/mol. The molecular weight excluding hydrogens is 392 g/mol. The van der Waals surface area contributed by atoms with Gasteiger partial charge in [0.2, 0.25) is 0 Å². The summed E-state index contributed by atoms with van der Waals surface area (Å²) >= 11 is 0. The summed E-state index contributed by atoms with van der Waals surface area (Å²) in [6.07, 6.45) is 2.21. The number of carbonyl (C=O) groups is 1. The number of hydrogen-bond acceptors (Lipinski definition) is 4. The van der Waals surface area contributed by atoms with E-state index >= 15 is 0 Å². The highest BCUT2D eigenvalue weighted by molar-refractivity contribution is 5.94. The summed E-state index contributed by atoms with van der Waals surface area (Å²) in [5.41, 5.74) is 2.75. The van der Waals surface area contributed by atoms with E-state index in [2.05, 4.69) is 20.9 Å². The van der Waals surface area contributed by atoms with Gasteiger partial charge in [0.1, 0.15) is 5.75 Å². The van der Waals surface area contributed by atoms with Gasteiger partial charge in [-0.2, -0.15) is 0 Å². The second kappa shape index (κ2) is 12.0. The molecule has 0 aliphatic carbocycles. The molecule has 0 radical (unpaired) electrons. The van der Waals surface area contributed by atoms with Crippen molar-refractivity contribution in [2.45, 2.75) is 39.0 Å². The first-order valence-electron chi connectivity index (χ1n) is 10.8. The first-order valence-corrected chi connectivity index (χ1v) is 10.8. The Morgan fingerprint density at radius 3 is 2.68 bits per heavy atom. The van der Waals surface area contributed by atoms with Crippen molar-refractivity contribution < 1.29 is 14.3 Å². The van der Waals surface area contributed by atoms with Crippen LogP contribution in [-0.4, -0.2) is 44.8 Å². The van der Waals surface area contributed by atoms with Gasteiger partial charge in [-0.1, -0.05) is 24.3 Å². The van der Waals surface area contributed by atoms with Gasteiger partial charge in [-0.05, 0) is 55.2 Å². The predicted octanol–water partition coefficient (Wildman–Crippen LogP) is 2.86. The molecule has 1 heterocycles. The maximum atomic E-state index is 12.5. The maximum absolute atomic E-state index is 12.5. The number of amides is 1. The molecule has 1 aliphatic heterocycles. The van der Waals surface area contributed by atoms with Crippen LogP contribution in [0.2, 0.25) is 0 Å². The number of benzene rings is 2. The first-order chi connectivity index (χ1) is 15.2. The molecule has 7 heteroatoms. The Hall–Kier alpha value is -3.06. The Balaban J connectivity index is 1.55. The Kier molecular flexibility index (Phi) is 8.72. The van der Waals surface area contributed by atoms with E-state index in [0.29, 0.717) is 25.2 Å². The number of ether oxygens (including phenoxy) is 2. The lowest BCUT2D eigenvalue weighted by atomic mass is 10.1. The van der Waals surface area contributed by atoms with Gasteiger partial charge in [0, 0.05) is 31.8 Å². The summed E-state index contributed by atoms with van der Waals surface area (Å²) < 4.78 is 10.8. The van der Waals surface area contributed by atoms with Crippen LogP contribution in [0.3, 0.4) is 0 Å². The zero-order chi connectivity index (χ0) is 21.9. The highest BCUT2D eigenvalue weighted by Gasteiger charge is 2.16. The molecule has 3 N–H and O–H groups in total. The second-order valence-electron chi connectivity index (χ2n) is 7.44. The molecule has 1 amide bonds. The molecule has 1 aliphatic rings. The first kappa shape index (κ1) is 22.6. The summed E-state index contributed by atoms with van der Waals surface area (Å²) in [5, 5.41) is 9.56. The molecule has 0 spiro atoms. The molecule has 1 saturated heterocycles. The monoisotopic (exact) mass is 424 g/mol. The van der Waals surface area contributed by atoms with Crippen molar-refractivity contribution in [1.82, 2.24) is 16.0 Å². The van der Waals surface area contributed by atoms with Gasteiger partial charge >= 0.3 is 0 Å². The highest BCUT2D eigenvalue weighted by Crippen LogP contribution is 2.12. The average molecular weight is 425 g/mol. The van der Waals surface area contributed by atoms with Crippen LogP contribution in [0.15, 0.2) is 53.5 Å². The molecular formula is C24H32N4O3. The van der Waals surface area contributed by atoms with Gasteiger partial charge in [-0.3, -0.25) is 4.79 Å². The minimum Gasteiger partial charge on any atom is -0.497 e. The lowest BCUT2D eigenvalue weighted by molar-refractivity contribution is 0.0857. The van der Waals surface area contributed by atoms with Crippen molar-refractivity contribution in [3.63, 3.8) is 0 Å². The van der Waals surface area contributed by atoms with E-state index in [9.17, 15) is 4.79 Å². The van der Waals surface area contributed by atoms with Crippen molar-refractivity contribution in [3.05, 3.63) is 65.2 Å². The van der Waals surface area contributed by atoms with Crippen LogP contribution < -0.4 is 20.7 Å². The Morgan fingerprint density at radius 1 is 1.13 bits per heavy atom. The standard InChI is InChI=1S/C24H32N4O3/c1-3-25-24(27-15-18-9-11-21(30-2)12-10-18)28-16-19-6-4-7-20(14-19)23(29)26-17-22-8-5-13-31-22/h4,6-7,9-12,14,22H,3,5,8,13,15-17H2,1-2H3,(H,26,29)(H2,25,27,28). The van der Waals surface area contributed by atoms with E-state index in [1.165, 1.54) is 0 Å². The molecule has 0 aromatic heterocycles. The number of guanidine groups is 1. The third kappa shape index (κ3) is 7.29. The minimum absolute atomic E-state index is 0.0779. The van der Waals surface area contributed by atoms with Crippen molar-refractivity contribution in [2.24, 2.45) is 4.99 Å². The Labute approximate surface area is 184 Å². The molecule has 1 unspecified atom stereocenters. The topological polar surface area (TPSA) is 84.0 Å². The van der Waals surface area contributed by atoms with Crippen LogP contribution in [0.25, 0.3) is 0 Å². The normalized spacial score (nSPS) is 16.1. The van der Waals surface area contributed by atoms with Gasteiger partial charge in [-0.15, -0.1) is 0 Å². The summed E-state index contributed by atoms with van der Waals surface area (Å²) in [7, 11) is 1.66. The summed E-state index contributed by atoms with van der Waals surface area (Å²) in [6.45, 7) is 5.27. The molecule has 0 bridgehead atoms. The van der Waals surface area contributed by atoms with E-state index in [0.717, 1.165) is 48.8 Å². The van der Waals surface area contributed by atoms with Gasteiger partial charge in [-0.25, -0.2) is 4.99 Å². The van der Waals surface area contributed by atoms with Crippen molar-refractivity contribution >= 4 is 11.9 Å². The SMILES string of the molecule is CCNC(=NCc1cccc(C(=O)NCC2CCCO2)c1)NCc1ccc(OC)cc1. The van der Waals surface area contributed by atoms with E-state index in [1.54, 1.807) is 7.11 Å². The third-order valence-electron chi connectivity index (χ3n) is 5.09. The summed E-state index contributed by atoms with van der Waals surface area (Å²) in [6, 6.07) is 15.5. The molecule has 31 heavy (non-hydrogen) atoms. The van der Waals surface area contributed by atoms with Gasteiger partial charge in [0.15, 0.2) is 5.96 Å². The lowest BCUT2D eigenvalue weighted by Gasteiger charge is -2.12. The average Bonchev–Trinajstić information content (AvgIpc) is 3.33. The van der Waals surface area contributed by atoms with Crippen molar-refractivity contribution in [3.8, 4) is 5.75 Å². The van der Waals surface area contributed by atoms with Crippen molar-refractivity contribution in [1.29, 1.82) is 0 Å². The molecule has 1 fully saturated rings. The van der Waals surface area contributed by atoms with E-state index in [-0.39, 0.29) is 12.0 Å². The zero-order valence-electron chi connectivity index (χ0n) is 18.3. The number of nitrogens with one attached hydrogen (secondary N) is 3. The molecule has 2 aromatic carbocycles. The molecule has 1 atom stereocenters. The Morgan fingerprint density at radius 2 is 1.97 bits per heavy atom. The third-order valence-corrected chi connectivity index (χ3v) is 5.09. The van der Waals surface area contributed by atoms with Crippen LogP contribution in [-0.2, 0) is 17.8 Å². The fourth-order valence-corrected chi connectivity index (χ4v) is 3.37. The second-order valence-corrected chi connectivity index (χ2v) is 7.44. The quantitative estimate of drug-likeness (QED) is 0.426. The fraction of sp³-hybridized carbons (Fsp3) is 0.417. The summed E-state index contributed by atoms with van der Waals surface area (Å²) in [5.74, 6) is 1.49. The minimum atomic E-state index is -0.0779. The Bertz CT molecular complexity index is 861. The fourth-order valence-electron chi connectivity index (χ4n) is 3.37. The van der Waals surface area contributed by atoms with Crippen LogP contribution in [0.4, 0.5) is 0 Å². The lowest BCUT2D eigenvalue weighted by Crippen LogP contribution is -2.36. The van der Waals surface area contributed by atoms with Gasteiger partial charge < -0.3 is 25.4 Å². The molecule has 7 nitrogen and oxygen atoms in total. The molecule has 0 saturated carbocycles. The van der Waals surface area contributed by atoms with Gasteiger partial charge in [0.25, 0.3) is 5.91 Å². The largest absolute Gasteiger partial charge is 0.497 e. The van der Waals surface area contributed by atoms with Crippen LogP contribution in [0, 0.1) is 0 Å². The highest BCUT2D eigenvalue weighted by atomic mass is 16.5. The smallest absolute Gasteiger partial charge is 0.251 e. The van der Waals surface area contributed by atoms with Crippen LogP contribution >= 0.6 is 0 Å². The van der Waals surface area contributed by atoms with Gasteiger partial charge in [0.05, 0.1) is 19.8 Å². The van der Waals surface area contributed by atoms with Crippen molar-refractivity contribution in [2.75, 3.05) is 26.8 Å². The molecule has 166 valence electrons. The van der Waals surface area contributed by atoms with E-state index in [4.69, 9.17) is 9.47 Å². The van der Waals surface area contributed by atoms with Crippen LogP contribution in [0.1, 0.15) is 41.3 Å². The summed E-state index contributed by atoms with van der Waals surface area (Å²) in [4.78, 5) is 17.1. The molecule has 2 aromatic rings. The number of aliphatic imine (C=N–C) groups is 1. The molecule has 3 rings (SSSR count). The number of carbonyl (C=O) groups excluding carboxylic acids is 1. The number of methoxy groups -OCH3 is 1. The van der Waals surface area contributed by atoms with Crippen LogP contribution in [0.5, 0.6) is 5.75 Å². The maximum Gasteiger partial charge on any atom is 0.251 e.